The van der Waals surface area contributed by atoms with Crippen LogP contribution in [0.4, 0.5) is 0 Å². The molecule has 0 fully saturated rings. The molecule has 0 aliphatic carbocycles. The number of aromatic nitrogens is 1. The van der Waals surface area contributed by atoms with Crippen molar-refractivity contribution in [2.45, 2.75) is 0 Å². The summed E-state index contributed by atoms with van der Waals surface area (Å²) in [7, 11) is 0. The predicted molar refractivity (Wildman–Crippen MR) is 84.2 cm³/mol. The number of rotatable bonds is 3. The predicted octanol–water partition coefficient (Wildman–Crippen LogP) is 5.17. The van der Waals surface area contributed by atoms with Crippen molar-refractivity contribution in [2.75, 3.05) is 0 Å². The summed E-state index contributed by atoms with van der Waals surface area (Å²) < 4.78 is 1.08. The average molecular weight is 329 g/mol. The minimum Gasteiger partial charge on any atom is -0.240 e. The summed E-state index contributed by atoms with van der Waals surface area (Å²) in [4.78, 5) is 4.67. The summed E-state index contributed by atoms with van der Waals surface area (Å²) in [5.41, 5.74) is 3.32. The average Bonchev–Trinajstić information content (AvgIpc) is 2.89. The lowest BCUT2D eigenvalue weighted by molar-refractivity contribution is 1.30. The molecule has 0 atom stereocenters. The van der Waals surface area contributed by atoms with Crippen molar-refractivity contribution in [1.29, 1.82) is 0 Å². The molecule has 93 valence electrons. The highest BCUT2D eigenvalue weighted by molar-refractivity contribution is 9.10. The molecule has 0 spiro atoms. The van der Waals surface area contributed by atoms with Gasteiger partial charge in [-0.25, -0.2) is 4.98 Å². The highest BCUT2D eigenvalue weighted by atomic mass is 79.9. The second-order valence-electron chi connectivity index (χ2n) is 4.11. The van der Waals surface area contributed by atoms with Crippen LogP contribution in [-0.2, 0) is 0 Å². The largest absolute Gasteiger partial charge is 0.240 e. The van der Waals surface area contributed by atoms with Crippen molar-refractivity contribution in [3.63, 3.8) is 0 Å². The monoisotopic (exact) mass is 328 g/mol. The van der Waals surface area contributed by atoms with Gasteiger partial charge in [-0.2, -0.15) is 0 Å². The maximum atomic E-state index is 4.67. The fourth-order valence-electron chi connectivity index (χ4n) is 1.84. The molecule has 1 heterocycles. The molecule has 0 aliphatic rings. The van der Waals surface area contributed by atoms with E-state index in [1.54, 1.807) is 11.3 Å². The number of hydrogen-bond donors (Lipinski definition) is 0. The van der Waals surface area contributed by atoms with Gasteiger partial charge in [0.25, 0.3) is 0 Å². The zero-order valence-electron chi connectivity index (χ0n) is 10.1. The molecule has 0 unspecified atom stereocenters. The van der Waals surface area contributed by atoms with E-state index < -0.39 is 0 Å². The van der Waals surface area contributed by atoms with Crippen LogP contribution in [0.2, 0.25) is 0 Å². The smallest absolute Gasteiger partial charge is 0.102 e. The summed E-state index contributed by atoms with van der Waals surface area (Å²) in [6.45, 7) is 0. The first-order valence-electron chi connectivity index (χ1n) is 5.93. The Hall–Kier alpha value is -1.45. The van der Waals surface area contributed by atoms with Gasteiger partial charge in [0.15, 0.2) is 0 Å². The fourth-order valence-corrected chi connectivity index (χ4v) is 3.09. The standard InChI is InChI=1S/C16H11BrNS/c17-14-9-5-4-8-13(14)15-11-19-16(18-15)10-12-6-2-1-3-7-12/h1-11H. The van der Waals surface area contributed by atoms with Crippen LogP contribution in [0.1, 0.15) is 10.6 Å². The lowest BCUT2D eigenvalue weighted by atomic mass is 10.1. The second kappa shape index (κ2) is 5.68. The summed E-state index contributed by atoms with van der Waals surface area (Å²) in [6.07, 6.45) is 2.10. The Morgan fingerprint density at radius 1 is 0.947 bits per heavy atom. The fraction of sp³-hybridized carbons (Fsp3) is 0. The van der Waals surface area contributed by atoms with Gasteiger partial charge in [0, 0.05) is 21.8 Å². The number of thiazole rings is 1. The first-order valence-corrected chi connectivity index (χ1v) is 7.60. The lowest BCUT2D eigenvalue weighted by Crippen LogP contribution is -1.84. The molecule has 3 rings (SSSR count). The Kier molecular flexibility index (Phi) is 3.76. The van der Waals surface area contributed by atoms with Crippen molar-refractivity contribution < 1.29 is 0 Å². The van der Waals surface area contributed by atoms with E-state index in [2.05, 4.69) is 50.9 Å². The van der Waals surface area contributed by atoms with Gasteiger partial charge < -0.3 is 0 Å². The van der Waals surface area contributed by atoms with Gasteiger partial charge in [0.2, 0.25) is 0 Å². The number of benzene rings is 2. The summed E-state index contributed by atoms with van der Waals surface area (Å²) in [6, 6.07) is 18.4. The third-order valence-electron chi connectivity index (χ3n) is 2.76. The molecule has 0 saturated carbocycles. The topological polar surface area (TPSA) is 12.9 Å². The van der Waals surface area contributed by atoms with Crippen molar-refractivity contribution in [2.24, 2.45) is 0 Å². The maximum Gasteiger partial charge on any atom is 0.102 e. The van der Waals surface area contributed by atoms with Crippen molar-refractivity contribution in [3.8, 4) is 11.3 Å². The Morgan fingerprint density at radius 3 is 2.47 bits per heavy atom. The van der Waals surface area contributed by atoms with Crippen LogP contribution < -0.4 is 0 Å². The Bertz CT molecular complexity index is 676. The third kappa shape index (κ3) is 2.94. The van der Waals surface area contributed by atoms with E-state index in [0.29, 0.717) is 0 Å². The van der Waals surface area contributed by atoms with E-state index in [-0.39, 0.29) is 0 Å². The lowest BCUT2D eigenvalue weighted by Gasteiger charge is -1.99. The molecule has 3 aromatic rings. The van der Waals surface area contributed by atoms with Crippen molar-refractivity contribution in [1.82, 2.24) is 4.98 Å². The van der Waals surface area contributed by atoms with Gasteiger partial charge in [-0.05, 0) is 11.6 Å². The van der Waals surface area contributed by atoms with Gasteiger partial charge in [0.1, 0.15) is 5.01 Å². The van der Waals surface area contributed by atoms with Crippen LogP contribution in [0.3, 0.4) is 0 Å². The SMILES string of the molecule is Brc1ccccc1-c1csc([CH]c2ccccc2)n1. The number of nitrogens with zero attached hydrogens (tertiary/aromatic N) is 1. The highest BCUT2D eigenvalue weighted by Crippen LogP contribution is 2.29. The molecule has 0 N–H and O–H groups in total. The maximum absolute atomic E-state index is 4.67. The third-order valence-corrected chi connectivity index (χ3v) is 4.24. The van der Waals surface area contributed by atoms with Gasteiger partial charge in [0.05, 0.1) is 5.69 Å². The van der Waals surface area contributed by atoms with Crippen LogP contribution in [0.5, 0.6) is 0 Å². The Balaban J connectivity index is 1.86. The summed E-state index contributed by atoms with van der Waals surface area (Å²) >= 11 is 5.22. The molecule has 0 amide bonds. The molecule has 1 aromatic heterocycles. The van der Waals surface area contributed by atoms with E-state index in [4.69, 9.17) is 0 Å². The van der Waals surface area contributed by atoms with Crippen LogP contribution in [0.25, 0.3) is 11.3 Å². The van der Waals surface area contributed by atoms with Crippen LogP contribution in [0, 0.1) is 6.42 Å². The molecule has 2 aromatic carbocycles. The first kappa shape index (κ1) is 12.6. The van der Waals surface area contributed by atoms with E-state index in [0.717, 1.165) is 20.7 Å². The molecular formula is C16H11BrNS. The summed E-state index contributed by atoms with van der Waals surface area (Å²) in [5, 5.41) is 3.12. The number of halogens is 1. The molecule has 19 heavy (non-hydrogen) atoms. The molecule has 0 bridgehead atoms. The second-order valence-corrected chi connectivity index (χ2v) is 5.85. The summed E-state index contributed by atoms with van der Waals surface area (Å²) in [5.74, 6) is 0. The molecule has 3 heteroatoms. The van der Waals surface area contributed by atoms with Gasteiger partial charge >= 0.3 is 0 Å². The van der Waals surface area contributed by atoms with E-state index in [1.807, 2.05) is 36.4 Å². The highest BCUT2D eigenvalue weighted by Gasteiger charge is 2.08. The van der Waals surface area contributed by atoms with E-state index >= 15 is 0 Å². The Morgan fingerprint density at radius 2 is 1.68 bits per heavy atom. The van der Waals surface area contributed by atoms with Gasteiger partial charge in [-0.15, -0.1) is 11.3 Å². The molecular weight excluding hydrogens is 318 g/mol. The quantitative estimate of drug-likeness (QED) is 0.646. The minimum absolute atomic E-state index is 1.01. The Labute approximate surface area is 125 Å². The molecule has 1 nitrogen and oxygen atoms in total. The molecule has 1 radical (unpaired) electrons. The van der Waals surface area contributed by atoms with Crippen LogP contribution in [0.15, 0.2) is 64.5 Å². The minimum atomic E-state index is 1.01. The van der Waals surface area contributed by atoms with Crippen molar-refractivity contribution in [3.05, 3.63) is 81.4 Å². The van der Waals surface area contributed by atoms with E-state index in [1.165, 1.54) is 5.56 Å². The first-order chi connectivity index (χ1) is 9.33. The van der Waals surface area contributed by atoms with Crippen LogP contribution >= 0.6 is 27.3 Å². The van der Waals surface area contributed by atoms with E-state index in [9.17, 15) is 0 Å². The van der Waals surface area contributed by atoms with Crippen LogP contribution in [-0.4, -0.2) is 4.98 Å². The zero-order chi connectivity index (χ0) is 13.1. The van der Waals surface area contributed by atoms with Gasteiger partial charge in [-0.3, -0.25) is 0 Å². The normalized spacial score (nSPS) is 10.6. The number of hydrogen-bond acceptors (Lipinski definition) is 2. The molecule has 0 aliphatic heterocycles. The van der Waals surface area contributed by atoms with Gasteiger partial charge in [-0.1, -0.05) is 64.5 Å². The zero-order valence-corrected chi connectivity index (χ0v) is 12.5. The van der Waals surface area contributed by atoms with Crippen molar-refractivity contribution >= 4 is 27.3 Å². The molecule has 0 saturated heterocycles.